The monoisotopic (exact) mass is 390 g/mol. The lowest BCUT2D eigenvalue weighted by atomic mass is 9.86. The summed E-state index contributed by atoms with van der Waals surface area (Å²) < 4.78 is 27.4. The Morgan fingerprint density at radius 2 is 1.78 bits per heavy atom. The van der Waals surface area contributed by atoms with Crippen LogP contribution in [-0.2, 0) is 14.8 Å². The zero-order valence-corrected chi connectivity index (χ0v) is 17.2. The van der Waals surface area contributed by atoms with Gasteiger partial charge in [-0.3, -0.25) is 4.79 Å². The molecular formula is C21H30N2O3S. The van der Waals surface area contributed by atoms with E-state index in [4.69, 9.17) is 0 Å². The van der Waals surface area contributed by atoms with E-state index in [0.29, 0.717) is 43.4 Å². The van der Waals surface area contributed by atoms with E-state index >= 15 is 0 Å². The van der Waals surface area contributed by atoms with Gasteiger partial charge in [-0.05, 0) is 74.1 Å². The molecule has 1 heterocycles. The molecule has 1 aromatic carbocycles. The fraction of sp³-hybridized carbons (Fsp3) is 0.667. The van der Waals surface area contributed by atoms with E-state index in [1.165, 1.54) is 30.0 Å². The number of piperazine rings is 1. The minimum Gasteiger partial charge on any atom is -0.340 e. The first-order chi connectivity index (χ1) is 12.8. The molecule has 4 rings (SSSR count). The van der Waals surface area contributed by atoms with E-state index in [2.05, 4.69) is 0 Å². The van der Waals surface area contributed by atoms with Crippen molar-refractivity contribution < 1.29 is 13.2 Å². The van der Waals surface area contributed by atoms with E-state index in [9.17, 15) is 13.2 Å². The van der Waals surface area contributed by atoms with Crippen LogP contribution in [0.15, 0.2) is 23.1 Å². The molecule has 1 amide bonds. The van der Waals surface area contributed by atoms with Gasteiger partial charge in [0.1, 0.15) is 0 Å². The van der Waals surface area contributed by atoms with Crippen molar-refractivity contribution in [1.29, 1.82) is 0 Å². The van der Waals surface area contributed by atoms with Crippen LogP contribution in [0.4, 0.5) is 0 Å². The first-order valence-corrected chi connectivity index (χ1v) is 11.6. The number of carbonyl (C=O) groups excluding carboxylic acids is 1. The van der Waals surface area contributed by atoms with Gasteiger partial charge in [-0.2, -0.15) is 4.31 Å². The molecule has 0 aromatic heterocycles. The first-order valence-electron chi connectivity index (χ1n) is 10.2. The standard InChI is InChI=1S/C21H30N2O3S/c1-15-3-6-20(11-16(15)2)27(25,26)23-9-7-22(8-10-23)21(24)14-19-13-17-4-5-18(19)12-17/h3,6,11,17-19H,4-5,7-10,12-14H2,1-2H3/t17-,18-,19+/m1/s1. The Morgan fingerprint density at radius 3 is 2.37 bits per heavy atom. The molecule has 1 aliphatic heterocycles. The molecule has 5 nitrogen and oxygen atoms in total. The molecule has 3 aliphatic rings. The summed E-state index contributed by atoms with van der Waals surface area (Å²) in [4.78, 5) is 14.9. The third-order valence-corrected chi connectivity index (χ3v) is 8.92. The average molecular weight is 391 g/mol. The largest absolute Gasteiger partial charge is 0.340 e. The molecule has 0 radical (unpaired) electrons. The fourth-order valence-corrected chi connectivity index (χ4v) is 6.69. The van der Waals surface area contributed by atoms with Gasteiger partial charge in [0.2, 0.25) is 15.9 Å². The molecule has 148 valence electrons. The maximum atomic E-state index is 12.9. The van der Waals surface area contributed by atoms with E-state index in [-0.39, 0.29) is 5.91 Å². The van der Waals surface area contributed by atoms with Gasteiger partial charge in [0.25, 0.3) is 0 Å². The molecule has 0 N–H and O–H groups in total. The Bertz CT molecular complexity index is 828. The normalized spacial score (nSPS) is 28.7. The van der Waals surface area contributed by atoms with Crippen molar-refractivity contribution in [2.45, 2.75) is 50.8 Å². The number of benzene rings is 1. The van der Waals surface area contributed by atoms with Crippen LogP contribution >= 0.6 is 0 Å². The summed E-state index contributed by atoms with van der Waals surface area (Å²) in [7, 11) is -3.48. The number of hydrogen-bond acceptors (Lipinski definition) is 3. The predicted molar refractivity (Wildman–Crippen MR) is 105 cm³/mol. The SMILES string of the molecule is Cc1ccc(S(=O)(=O)N2CCN(C(=O)C[C@@H]3C[C@@H]4CC[C@@H]3C4)CC2)cc1C. The maximum Gasteiger partial charge on any atom is 0.243 e. The molecular weight excluding hydrogens is 360 g/mol. The van der Waals surface area contributed by atoms with Crippen LogP contribution in [0.25, 0.3) is 0 Å². The molecule has 2 bridgehead atoms. The summed E-state index contributed by atoms with van der Waals surface area (Å²) in [6.45, 7) is 5.69. The van der Waals surface area contributed by atoms with Crippen molar-refractivity contribution in [2.75, 3.05) is 26.2 Å². The van der Waals surface area contributed by atoms with Crippen molar-refractivity contribution in [3.63, 3.8) is 0 Å². The lowest BCUT2D eigenvalue weighted by molar-refractivity contribution is -0.133. The minimum atomic E-state index is -3.48. The van der Waals surface area contributed by atoms with Crippen LogP contribution in [0, 0.1) is 31.6 Å². The van der Waals surface area contributed by atoms with E-state index in [0.717, 1.165) is 23.0 Å². The van der Waals surface area contributed by atoms with Crippen molar-refractivity contribution >= 4 is 15.9 Å². The molecule has 1 saturated heterocycles. The lowest BCUT2D eigenvalue weighted by Crippen LogP contribution is -2.50. The number of aryl methyl sites for hydroxylation is 2. The number of rotatable bonds is 4. The zero-order chi connectivity index (χ0) is 19.2. The highest BCUT2D eigenvalue weighted by Crippen LogP contribution is 2.49. The summed E-state index contributed by atoms with van der Waals surface area (Å²) in [5.41, 5.74) is 2.07. The lowest BCUT2D eigenvalue weighted by Gasteiger charge is -2.35. The Hall–Kier alpha value is -1.40. The Balaban J connectivity index is 1.35. The van der Waals surface area contributed by atoms with Crippen LogP contribution < -0.4 is 0 Å². The van der Waals surface area contributed by atoms with Crippen molar-refractivity contribution in [3.8, 4) is 0 Å². The molecule has 2 saturated carbocycles. The molecule has 0 unspecified atom stereocenters. The number of fused-ring (bicyclic) bond motifs is 2. The summed E-state index contributed by atoms with van der Waals surface area (Å²) in [6.07, 6.45) is 5.84. The second-order valence-electron chi connectivity index (χ2n) is 8.67. The van der Waals surface area contributed by atoms with Gasteiger partial charge in [-0.1, -0.05) is 12.5 Å². The minimum absolute atomic E-state index is 0.218. The summed E-state index contributed by atoms with van der Waals surface area (Å²) in [5, 5.41) is 0. The number of hydrogen-bond donors (Lipinski definition) is 0. The van der Waals surface area contributed by atoms with Gasteiger partial charge in [0.05, 0.1) is 4.90 Å². The number of nitrogens with zero attached hydrogens (tertiary/aromatic N) is 2. The summed E-state index contributed by atoms with van der Waals surface area (Å²) in [6, 6.07) is 5.29. The highest BCUT2D eigenvalue weighted by molar-refractivity contribution is 7.89. The van der Waals surface area contributed by atoms with Crippen LogP contribution in [-0.4, -0.2) is 49.7 Å². The van der Waals surface area contributed by atoms with Crippen molar-refractivity contribution in [1.82, 2.24) is 9.21 Å². The molecule has 0 spiro atoms. The van der Waals surface area contributed by atoms with Gasteiger partial charge < -0.3 is 4.90 Å². The fourth-order valence-electron chi connectivity index (χ4n) is 5.18. The third-order valence-electron chi connectivity index (χ3n) is 7.03. The van der Waals surface area contributed by atoms with Crippen LogP contribution in [0.1, 0.15) is 43.2 Å². The third kappa shape index (κ3) is 3.66. The molecule has 2 aliphatic carbocycles. The summed E-state index contributed by atoms with van der Waals surface area (Å²) >= 11 is 0. The maximum absolute atomic E-state index is 12.9. The molecule has 3 fully saturated rings. The number of amides is 1. The molecule has 6 heteroatoms. The smallest absolute Gasteiger partial charge is 0.243 e. The van der Waals surface area contributed by atoms with Crippen molar-refractivity contribution in [3.05, 3.63) is 29.3 Å². The second-order valence-corrected chi connectivity index (χ2v) is 10.6. The van der Waals surface area contributed by atoms with E-state index < -0.39 is 10.0 Å². The van der Waals surface area contributed by atoms with Gasteiger partial charge in [0.15, 0.2) is 0 Å². The summed E-state index contributed by atoms with van der Waals surface area (Å²) in [5.74, 6) is 2.39. The Labute approximate surface area is 162 Å². The highest BCUT2D eigenvalue weighted by Gasteiger charge is 2.41. The second kappa shape index (κ2) is 7.21. The highest BCUT2D eigenvalue weighted by atomic mass is 32.2. The number of carbonyl (C=O) groups is 1. The van der Waals surface area contributed by atoms with Crippen molar-refractivity contribution in [2.24, 2.45) is 17.8 Å². The van der Waals surface area contributed by atoms with Gasteiger partial charge in [-0.15, -0.1) is 0 Å². The first kappa shape index (κ1) is 18.9. The van der Waals surface area contributed by atoms with E-state index in [1.807, 2.05) is 24.8 Å². The van der Waals surface area contributed by atoms with Crippen LogP contribution in [0.2, 0.25) is 0 Å². The van der Waals surface area contributed by atoms with Crippen LogP contribution in [0.3, 0.4) is 0 Å². The Morgan fingerprint density at radius 1 is 1.04 bits per heavy atom. The predicted octanol–water partition coefficient (Wildman–Crippen LogP) is 2.96. The molecule has 1 aromatic rings. The number of sulfonamides is 1. The molecule has 27 heavy (non-hydrogen) atoms. The van der Waals surface area contributed by atoms with Gasteiger partial charge in [-0.25, -0.2) is 8.42 Å². The van der Waals surface area contributed by atoms with Gasteiger partial charge in [0, 0.05) is 32.6 Å². The zero-order valence-electron chi connectivity index (χ0n) is 16.4. The van der Waals surface area contributed by atoms with Gasteiger partial charge >= 0.3 is 0 Å². The van der Waals surface area contributed by atoms with E-state index in [1.54, 1.807) is 12.1 Å². The van der Waals surface area contributed by atoms with Crippen LogP contribution in [0.5, 0.6) is 0 Å². The topological polar surface area (TPSA) is 57.7 Å². The Kier molecular flexibility index (Phi) is 5.06. The quantitative estimate of drug-likeness (QED) is 0.794. The average Bonchev–Trinajstić information content (AvgIpc) is 3.27. The molecule has 3 atom stereocenters.